The van der Waals surface area contributed by atoms with E-state index < -0.39 is 0 Å². The van der Waals surface area contributed by atoms with E-state index in [0.29, 0.717) is 28.6 Å². The number of benzene rings is 2. The van der Waals surface area contributed by atoms with E-state index in [1.807, 2.05) is 0 Å². The van der Waals surface area contributed by atoms with E-state index in [0.717, 1.165) is 5.56 Å². The van der Waals surface area contributed by atoms with Crippen molar-refractivity contribution in [1.82, 2.24) is 0 Å². The van der Waals surface area contributed by atoms with Crippen LogP contribution in [0.2, 0.25) is 0 Å². The first kappa shape index (κ1) is 14.2. The van der Waals surface area contributed by atoms with Crippen molar-refractivity contribution in [2.45, 2.75) is 19.4 Å². The number of hydrogen-bond acceptors (Lipinski definition) is 1. The van der Waals surface area contributed by atoms with E-state index in [1.54, 1.807) is 23.1 Å². The molecule has 2 nitrogen and oxygen atoms in total. The van der Waals surface area contributed by atoms with Crippen LogP contribution in [0.4, 0.5) is 14.5 Å². The summed E-state index contributed by atoms with van der Waals surface area (Å²) in [5, 5.41) is 0. The van der Waals surface area contributed by atoms with Crippen LogP contribution in [0, 0.1) is 11.6 Å². The molecule has 1 heterocycles. The Morgan fingerprint density at radius 3 is 2.76 bits per heavy atom. The number of hydrogen-bond donors (Lipinski definition) is 0. The summed E-state index contributed by atoms with van der Waals surface area (Å²) >= 11 is 3.21. The van der Waals surface area contributed by atoms with Crippen molar-refractivity contribution in [2.24, 2.45) is 0 Å². The Morgan fingerprint density at radius 2 is 1.95 bits per heavy atom. The Morgan fingerprint density at radius 1 is 1.14 bits per heavy atom. The number of fused-ring (bicyclic) bond motifs is 1. The number of nitrogens with zero attached hydrogens (tertiary/aromatic N) is 1. The highest BCUT2D eigenvalue weighted by atomic mass is 79.9. The Labute approximate surface area is 129 Å². The molecule has 0 bridgehead atoms. The zero-order chi connectivity index (χ0) is 15.0. The van der Waals surface area contributed by atoms with Gasteiger partial charge < -0.3 is 4.90 Å². The maximum atomic E-state index is 13.6. The predicted molar refractivity (Wildman–Crippen MR) is 80.0 cm³/mol. The largest absolute Gasteiger partial charge is 0.308 e. The van der Waals surface area contributed by atoms with Crippen molar-refractivity contribution in [1.29, 1.82) is 0 Å². The number of carbonyl (C=O) groups excluding carboxylic acids is 1. The second-order valence-electron chi connectivity index (χ2n) is 4.97. The third kappa shape index (κ3) is 2.70. The zero-order valence-electron chi connectivity index (χ0n) is 11.1. The van der Waals surface area contributed by atoms with Crippen LogP contribution in [0.1, 0.15) is 17.5 Å². The highest BCUT2D eigenvalue weighted by Gasteiger charge is 2.25. The molecule has 0 radical (unpaired) electrons. The van der Waals surface area contributed by atoms with Crippen molar-refractivity contribution in [2.75, 3.05) is 4.90 Å². The maximum absolute atomic E-state index is 13.6. The van der Waals surface area contributed by atoms with Gasteiger partial charge in [0.2, 0.25) is 5.91 Å². The summed E-state index contributed by atoms with van der Waals surface area (Å²) in [4.78, 5) is 13.7. The highest BCUT2D eigenvalue weighted by Crippen LogP contribution is 2.31. The van der Waals surface area contributed by atoms with Gasteiger partial charge in [-0.15, -0.1) is 0 Å². The summed E-state index contributed by atoms with van der Waals surface area (Å²) in [5.74, 6) is -0.712. The number of carbonyl (C=O) groups is 1. The Kier molecular flexibility index (Phi) is 3.76. The first-order chi connectivity index (χ1) is 10.1. The van der Waals surface area contributed by atoms with Crippen molar-refractivity contribution >= 4 is 27.5 Å². The number of anilines is 1. The van der Waals surface area contributed by atoms with Gasteiger partial charge in [0.15, 0.2) is 0 Å². The van der Waals surface area contributed by atoms with Gasteiger partial charge >= 0.3 is 0 Å². The molecule has 0 aromatic heterocycles. The van der Waals surface area contributed by atoms with Crippen LogP contribution in [-0.2, 0) is 17.8 Å². The van der Waals surface area contributed by atoms with Crippen LogP contribution in [0.25, 0.3) is 0 Å². The minimum absolute atomic E-state index is 0.0368. The minimum Gasteiger partial charge on any atom is -0.308 e. The molecule has 1 aliphatic rings. The number of halogens is 3. The van der Waals surface area contributed by atoms with Crippen LogP contribution in [0.3, 0.4) is 0 Å². The summed E-state index contributed by atoms with van der Waals surface area (Å²) in [6.45, 7) is 0.260. The summed E-state index contributed by atoms with van der Waals surface area (Å²) in [6, 6.07) is 9.12. The first-order valence-electron chi connectivity index (χ1n) is 6.58. The fourth-order valence-electron chi connectivity index (χ4n) is 2.54. The second kappa shape index (κ2) is 5.56. The van der Waals surface area contributed by atoms with Gasteiger partial charge in [0.25, 0.3) is 0 Å². The molecule has 0 spiro atoms. The van der Waals surface area contributed by atoms with Crippen LogP contribution in [-0.4, -0.2) is 5.91 Å². The lowest BCUT2D eigenvalue weighted by atomic mass is 10.0. The van der Waals surface area contributed by atoms with Crippen LogP contribution in [0.5, 0.6) is 0 Å². The van der Waals surface area contributed by atoms with Gasteiger partial charge in [0, 0.05) is 12.1 Å². The molecule has 0 fully saturated rings. The molecular weight excluding hydrogens is 340 g/mol. The molecule has 1 aliphatic heterocycles. The Balaban J connectivity index is 1.99. The van der Waals surface area contributed by atoms with Gasteiger partial charge in [-0.05, 0) is 57.7 Å². The lowest BCUT2D eigenvalue weighted by Gasteiger charge is -2.29. The van der Waals surface area contributed by atoms with Crippen molar-refractivity contribution in [3.05, 3.63) is 63.6 Å². The molecule has 0 saturated carbocycles. The highest BCUT2D eigenvalue weighted by molar-refractivity contribution is 9.10. The van der Waals surface area contributed by atoms with Gasteiger partial charge in [-0.3, -0.25) is 4.79 Å². The number of rotatable bonds is 2. The fraction of sp³-hybridized carbons (Fsp3) is 0.188. The third-order valence-electron chi connectivity index (χ3n) is 3.60. The lowest BCUT2D eigenvalue weighted by molar-refractivity contribution is -0.119. The molecule has 0 N–H and O–H groups in total. The number of amides is 1. The van der Waals surface area contributed by atoms with Crippen molar-refractivity contribution in [3.63, 3.8) is 0 Å². The van der Waals surface area contributed by atoms with Gasteiger partial charge in [0.1, 0.15) is 11.6 Å². The van der Waals surface area contributed by atoms with Crippen LogP contribution >= 0.6 is 15.9 Å². The van der Waals surface area contributed by atoms with E-state index in [9.17, 15) is 13.6 Å². The fourth-order valence-corrected chi connectivity index (χ4v) is 2.93. The quantitative estimate of drug-likeness (QED) is 0.793. The van der Waals surface area contributed by atoms with E-state index >= 15 is 0 Å². The average molecular weight is 352 g/mol. The van der Waals surface area contributed by atoms with Crippen LogP contribution < -0.4 is 4.90 Å². The molecule has 21 heavy (non-hydrogen) atoms. The molecular formula is C16H12BrF2NO. The normalized spacial score (nSPS) is 14.2. The van der Waals surface area contributed by atoms with E-state index in [-0.39, 0.29) is 24.1 Å². The molecule has 0 saturated heterocycles. The lowest BCUT2D eigenvalue weighted by Crippen LogP contribution is -2.34. The molecule has 2 aromatic rings. The summed E-state index contributed by atoms with van der Waals surface area (Å²) in [7, 11) is 0. The van der Waals surface area contributed by atoms with Crippen LogP contribution in [0.15, 0.2) is 40.9 Å². The van der Waals surface area contributed by atoms with E-state index in [2.05, 4.69) is 15.9 Å². The molecule has 2 aromatic carbocycles. The summed E-state index contributed by atoms with van der Waals surface area (Å²) in [5.41, 5.74) is 2.19. The third-order valence-corrected chi connectivity index (χ3v) is 4.49. The van der Waals surface area contributed by atoms with Gasteiger partial charge in [-0.1, -0.05) is 12.1 Å². The molecule has 0 atom stereocenters. The Bertz CT molecular complexity index is 717. The van der Waals surface area contributed by atoms with Gasteiger partial charge in [-0.2, -0.15) is 0 Å². The molecule has 108 valence electrons. The number of aryl methyl sites for hydroxylation is 1. The minimum atomic E-state index is -0.365. The standard InChI is InChI=1S/C16H12BrF2NO/c17-16-11(2-1-3-13(16)19)9-20-14-6-5-12(18)8-10(14)4-7-15(20)21/h1-3,5-6,8H,4,7,9H2. The molecule has 3 rings (SSSR count). The molecule has 0 unspecified atom stereocenters. The smallest absolute Gasteiger partial charge is 0.227 e. The van der Waals surface area contributed by atoms with E-state index in [4.69, 9.17) is 0 Å². The molecule has 0 aliphatic carbocycles. The summed E-state index contributed by atoms with van der Waals surface area (Å²) in [6.07, 6.45) is 0.871. The van der Waals surface area contributed by atoms with Crippen molar-refractivity contribution in [3.8, 4) is 0 Å². The first-order valence-corrected chi connectivity index (χ1v) is 7.37. The topological polar surface area (TPSA) is 20.3 Å². The second-order valence-corrected chi connectivity index (χ2v) is 5.76. The maximum Gasteiger partial charge on any atom is 0.227 e. The monoisotopic (exact) mass is 351 g/mol. The average Bonchev–Trinajstić information content (AvgIpc) is 2.46. The van der Waals surface area contributed by atoms with Gasteiger partial charge in [0.05, 0.1) is 11.0 Å². The SMILES string of the molecule is O=C1CCc2cc(F)ccc2N1Cc1cccc(F)c1Br. The van der Waals surface area contributed by atoms with Crippen molar-refractivity contribution < 1.29 is 13.6 Å². The zero-order valence-corrected chi connectivity index (χ0v) is 12.7. The van der Waals surface area contributed by atoms with E-state index in [1.165, 1.54) is 18.2 Å². The Hall–Kier alpha value is -1.75. The molecule has 5 heteroatoms. The molecule has 1 amide bonds. The summed E-state index contributed by atoms with van der Waals surface area (Å²) < 4.78 is 27.2. The predicted octanol–water partition coefficient (Wildman–Crippen LogP) is 4.21. The van der Waals surface area contributed by atoms with Gasteiger partial charge in [-0.25, -0.2) is 8.78 Å².